The maximum absolute atomic E-state index is 13.5. The number of ether oxygens (including phenoxy) is 1. The van der Waals surface area contributed by atoms with Gasteiger partial charge in [-0.2, -0.15) is 0 Å². The van der Waals surface area contributed by atoms with Gasteiger partial charge in [0.15, 0.2) is 0 Å². The first-order valence-electron chi connectivity index (χ1n) is 11.5. The molecule has 208 valence electrons. The van der Waals surface area contributed by atoms with Gasteiger partial charge in [-0.05, 0) is 35.2 Å². The van der Waals surface area contributed by atoms with Gasteiger partial charge in [-0.25, -0.2) is 17.7 Å². The summed E-state index contributed by atoms with van der Waals surface area (Å²) in [6.07, 6.45) is 2.48. The van der Waals surface area contributed by atoms with Crippen LogP contribution in [0.2, 0.25) is 15.1 Å². The van der Waals surface area contributed by atoms with Crippen molar-refractivity contribution in [3.63, 3.8) is 0 Å². The van der Waals surface area contributed by atoms with Crippen LogP contribution < -0.4 is 15.5 Å². The maximum Gasteiger partial charge on any atom is 0.267 e. The first kappa shape index (κ1) is 29.5. The highest BCUT2D eigenvalue weighted by atomic mass is 35.5. The van der Waals surface area contributed by atoms with E-state index in [4.69, 9.17) is 39.5 Å². The summed E-state index contributed by atoms with van der Waals surface area (Å²) in [7, 11) is -2.03. The highest BCUT2D eigenvalue weighted by Crippen LogP contribution is 2.37. The monoisotopic (exact) mass is 631 g/mol. The summed E-state index contributed by atoms with van der Waals surface area (Å²) < 4.78 is 30.2. The maximum atomic E-state index is 13.5. The Labute approximate surface area is 244 Å². The van der Waals surface area contributed by atoms with E-state index in [1.807, 2.05) is 4.90 Å². The van der Waals surface area contributed by atoms with Gasteiger partial charge in [0.1, 0.15) is 10.7 Å². The smallest absolute Gasteiger partial charge is 0.267 e. The van der Waals surface area contributed by atoms with E-state index in [0.717, 1.165) is 21.9 Å². The molecule has 1 aliphatic rings. The average Bonchev–Trinajstić information content (AvgIpc) is 3.25. The summed E-state index contributed by atoms with van der Waals surface area (Å²) in [6.45, 7) is 1.97. The third kappa shape index (κ3) is 7.20. The number of amides is 2. The van der Waals surface area contributed by atoms with Crippen molar-refractivity contribution in [1.29, 1.82) is 0 Å². The molecule has 1 aliphatic heterocycles. The highest BCUT2D eigenvalue weighted by Gasteiger charge is 2.26. The number of hydrogen-bond acceptors (Lipinski definition) is 8. The number of sulfonamides is 1. The van der Waals surface area contributed by atoms with Gasteiger partial charge in [-0.1, -0.05) is 34.8 Å². The number of carbonyl (C=O) groups is 2. The number of aromatic nitrogens is 1. The minimum atomic E-state index is -3.45. The Kier molecular flexibility index (Phi) is 9.37. The van der Waals surface area contributed by atoms with Crippen LogP contribution in [0.15, 0.2) is 35.8 Å². The molecular weight excluding hydrogens is 609 g/mol. The summed E-state index contributed by atoms with van der Waals surface area (Å²) >= 11 is 19.9. The van der Waals surface area contributed by atoms with Gasteiger partial charge >= 0.3 is 0 Å². The van der Waals surface area contributed by atoms with Crippen LogP contribution in [0.25, 0.3) is 0 Å². The molecule has 2 N–H and O–H groups in total. The fourth-order valence-electron chi connectivity index (χ4n) is 3.76. The summed E-state index contributed by atoms with van der Waals surface area (Å²) in [5, 5.41) is 8.01. The molecule has 3 aromatic rings. The van der Waals surface area contributed by atoms with Crippen LogP contribution in [0.1, 0.15) is 25.6 Å². The van der Waals surface area contributed by atoms with E-state index in [1.54, 1.807) is 23.6 Å². The van der Waals surface area contributed by atoms with E-state index in [1.165, 1.54) is 19.3 Å². The van der Waals surface area contributed by atoms with E-state index in [0.29, 0.717) is 47.6 Å². The Morgan fingerprint density at radius 2 is 1.82 bits per heavy atom. The van der Waals surface area contributed by atoms with Crippen molar-refractivity contribution in [2.24, 2.45) is 0 Å². The van der Waals surface area contributed by atoms with Gasteiger partial charge in [0.05, 0.1) is 46.5 Å². The zero-order valence-electron chi connectivity index (χ0n) is 20.8. The van der Waals surface area contributed by atoms with Gasteiger partial charge in [-0.3, -0.25) is 9.59 Å². The number of rotatable bonds is 8. The molecule has 2 amide bonds. The van der Waals surface area contributed by atoms with Crippen molar-refractivity contribution in [3.8, 4) is 0 Å². The Morgan fingerprint density at radius 1 is 1.10 bits per heavy atom. The van der Waals surface area contributed by atoms with Gasteiger partial charge in [0.2, 0.25) is 10.0 Å². The molecule has 0 spiro atoms. The van der Waals surface area contributed by atoms with Crippen molar-refractivity contribution < 1.29 is 22.7 Å². The van der Waals surface area contributed by atoms with E-state index in [-0.39, 0.29) is 33.5 Å². The van der Waals surface area contributed by atoms with Crippen molar-refractivity contribution in [2.45, 2.75) is 6.54 Å². The fourth-order valence-corrected chi connectivity index (χ4v) is 5.70. The lowest BCUT2D eigenvalue weighted by molar-refractivity contribution is 0.102. The number of carbonyl (C=O) groups excluding carboxylic acids is 2. The molecule has 39 heavy (non-hydrogen) atoms. The predicted octanol–water partition coefficient (Wildman–Crippen LogP) is 4.84. The lowest BCUT2D eigenvalue weighted by Gasteiger charge is -2.31. The third-order valence-corrected chi connectivity index (χ3v) is 9.13. The van der Waals surface area contributed by atoms with Gasteiger partial charge in [0.25, 0.3) is 11.8 Å². The first-order valence-corrected chi connectivity index (χ1v) is 15.4. The molecule has 1 saturated heterocycles. The van der Waals surface area contributed by atoms with Crippen LogP contribution >= 0.6 is 46.1 Å². The quantitative estimate of drug-likeness (QED) is 0.365. The number of pyridine rings is 1. The van der Waals surface area contributed by atoms with Crippen LogP contribution in [-0.2, 0) is 21.3 Å². The normalized spacial score (nSPS) is 13.9. The molecule has 0 atom stereocenters. The topological polar surface area (TPSA) is 121 Å². The summed E-state index contributed by atoms with van der Waals surface area (Å²) in [6, 6.07) is 6.26. The second-order valence-corrected chi connectivity index (χ2v) is 12.9. The Bertz CT molecular complexity index is 1490. The van der Waals surface area contributed by atoms with Crippen LogP contribution in [0, 0.1) is 0 Å². The number of benzene rings is 1. The Hall–Kier alpha value is -2.45. The van der Waals surface area contributed by atoms with Crippen molar-refractivity contribution in [1.82, 2.24) is 9.29 Å². The summed E-state index contributed by atoms with van der Waals surface area (Å²) in [4.78, 5) is 33.1. The van der Waals surface area contributed by atoms with E-state index >= 15 is 0 Å². The average molecular weight is 633 g/mol. The molecule has 0 unspecified atom stereocenters. The van der Waals surface area contributed by atoms with Crippen LogP contribution in [0.3, 0.4) is 0 Å². The molecule has 1 aromatic carbocycles. The minimum absolute atomic E-state index is 0.00314. The van der Waals surface area contributed by atoms with Crippen LogP contribution in [0.5, 0.6) is 0 Å². The van der Waals surface area contributed by atoms with E-state index in [2.05, 4.69) is 15.6 Å². The molecule has 0 radical (unpaired) electrons. The second kappa shape index (κ2) is 12.4. The number of nitrogens with zero attached hydrogens (tertiary/aromatic N) is 3. The fraction of sp³-hybridized carbons (Fsp3) is 0.292. The molecule has 15 heteroatoms. The zero-order chi connectivity index (χ0) is 28.3. The van der Waals surface area contributed by atoms with Crippen LogP contribution in [-0.4, -0.2) is 69.1 Å². The second-order valence-electron chi connectivity index (χ2n) is 8.64. The minimum Gasteiger partial charge on any atom is -0.378 e. The lowest BCUT2D eigenvalue weighted by atomic mass is 10.1. The first-order chi connectivity index (χ1) is 18.4. The number of anilines is 3. The Balaban J connectivity index is 1.70. The van der Waals surface area contributed by atoms with Crippen LogP contribution in [0.4, 0.5) is 17.2 Å². The predicted molar refractivity (Wildman–Crippen MR) is 155 cm³/mol. The van der Waals surface area contributed by atoms with Crippen molar-refractivity contribution in [2.75, 3.05) is 55.1 Å². The molecule has 1 fully saturated rings. The van der Waals surface area contributed by atoms with Gasteiger partial charge < -0.3 is 20.3 Å². The SMILES string of the molecule is CN(Cc1csc(C(=O)Nc2c(C(=O)Nc3ccc(Cl)cn3)cc(Cl)cc2N2CCOCC2)c1Cl)S(C)(=O)=O. The summed E-state index contributed by atoms with van der Waals surface area (Å²) in [5.41, 5.74) is 1.37. The molecule has 0 bridgehead atoms. The van der Waals surface area contributed by atoms with Gasteiger partial charge in [0, 0.05) is 37.9 Å². The molecule has 0 saturated carbocycles. The largest absolute Gasteiger partial charge is 0.378 e. The molecule has 3 heterocycles. The van der Waals surface area contributed by atoms with Crippen molar-refractivity contribution in [3.05, 3.63) is 66.9 Å². The molecule has 2 aromatic heterocycles. The van der Waals surface area contributed by atoms with Crippen molar-refractivity contribution >= 4 is 85.2 Å². The summed E-state index contributed by atoms with van der Waals surface area (Å²) in [5.74, 6) is -0.853. The standard InChI is InChI=1S/C24H24Cl3N5O5S2/c1-31(39(2,35)36)12-14-13-38-22(20(14)27)24(34)30-21-17(23(33)29-19-4-3-15(25)11-28-19)9-16(26)10-18(21)32-5-7-37-8-6-32/h3-4,9-11,13H,5-8,12H2,1-2H3,(H,30,34)(H,28,29,33). The third-order valence-electron chi connectivity index (χ3n) is 5.85. The molecular formula is C24H24Cl3N5O5S2. The highest BCUT2D eigenvalue weighted by molar-refractivity contribution is 7.88. The number of morpholine rings is 1. The lowest BCUT2D eigenvalue weighted by Crippen LogP contribution is -2.37. The van der Waals surface area contributed by atoms with E-state index in [9.17, 15) is 18.0 Å². The van der Waals surface area contributed by atoms with E-state index < -0.39 is 21.8 Å². The Morgan fingerprint density at radius 3 is 2.46 bits per heavy atom. The molecule has 10 nitrogen and oxygen atoms in total. The van der Waals surface area contributed by atoms with Gasteiger partial charge in [-0.15, -0.1) is 11.3 Å². The molecule has 0 aliphatic carbocycles. The number of hydrogen-bond donors (Lipinski definition) is 2. The number of halogens is 3. The molecule has 4 rings (SSSR count). The zero-order valence-corrected chi connectivity index (χ0v) is 24.7. The number of nitrogens with one attached hydrogen (secondary N) is 2. The number of thiophene rings is 1.